The largest absolute Gasteiger partial charge is 0.316 e. The molecule has 0 bridgehead atoms. The first kappa shape index (κ1) is 16.9. The predicted molar refractivity (Wildman–Crippen MR) is 84.7 cm³/mol. The minimum Gasteiger partial charge on any atom is -0.316 e. The Morgan fingerprint density at radius 3 is 2.63 bits per heavy atom. The van der Waals surface area contributed by atoms with E-state index in [0.717, 1.165) is 19.1 Å². The second-order valence-electron chi connectivity index (χ2n) is 6.87. The lowest BCUT2D eigenvalue weighted by Gasteiger charge is -2.37. The molecule has 1 aliphatic rings. The zero-order chi connectivity index (χ0) is 14.3. The summed E-state index contributed by atoms with van der Waals surface area (Å²) in [6, 6.07) is 0.771. The van der Waals surface area contributed by atoms with Gasteiger partial charge in [-0.3, -0.25) is 4.90 Å². The lowest BCUT2D eigenvalue weighted by atomic mass is 9.84. The lowest BCUT2D eigenvalue weighted by molar-refractivity contribution is 0.124. The molecule has 1 fully saturated rings. The van der Waals surface area contributed by atoms with Gasteiger partial charge < -0.3 is 10.2 Å². The van der Waals surface area contributed by atoms with E-state index in [2.05, 4.69) is 50.0 Å². The number of hydrogen-bond acceptors (Lipinski definition) is 3. The Morgan fingerprint density at radius 2 is 2.05 bits per heavy atom. The van der Waals surface area contributed by atoms with Crippen molar-refractivity contribution < 1.29 is 0 Å². The average molecular weight is 269 g/mol. The molecule has 0 amide bonds. The maximum Gasteiger partial charge on any atom is 0.0223 e. The minimum atomic E-state index is 0.430. The highest BCUT2D eigenvalue weighted by atomic mass is 15.2. The van der Waals surface area contributed by atoms with E-state index < -0.39 is 0 Å². The van der Waals surface area contributed by atoms with Crippen LogP contribution in [0.15, 0.2) is 0 Å². The van der Waals surface area contributed by atoms with Crippen LogP contribution < -0.4 is 5.32 Å². The standard InChI is InChI=1S/C16H35N3/c1-6-10-16(3,13-17-7-2)14-19-11-8-9-15(19)12-18(4)5/h15,17H,6-14H2,1-5H3. The molecule has 0 spiro atoms. The monoisotopic (exact) mass is 269 g/mol. The third-order valence-electron chi connectivity index (χ3n) is 4.32. The van der Waals surface area contributed by atoms with Crippen LogP contribution in [0.5, 0.6) is 0 Å². The lowest BCUT2D eigenvalue weighted by Crippen LogP contribution is -2.46. The fourth-order valence-electron chi connectivity index (χ4n) is 3.48. The second-order valence-corrected chi connectivity index (χ2v) is 6.87. The Bertz CT molecular complexity index is 242. The van der Waals surface area contributed by atoms with Crippen LogP contribution in [0.3, 0.4) is 0 Å². The van der Waals surface area contributed by atoms with Gasteiger partial charge in [-0.05, 0) is 51.9 Å². The summed E-state index contributed by atoms with van der Waals surface area (Å²) in [6.07, 6.45) is 5.36. The molecular formula is C16H35N3. The van der Waals surface area contributed by atoms with Crippen LogP contribution in [0.25, 0.3) is 0 Å². The smallest absolute Gasteiger partial charge is 0.0223 e. The molecule has 1 heterocycles. The fourth-order valence-corrected chi connectivity index (χ4v) is 3.48. The van der Waals surface area contributed by atoms with Crippen molar-refractivity contribution in [1.82, 2.24) is 15.1 Å². The zero-order valence-corrected chi connectivity index (χ0v) is 13.8. The predicted octanol–water partition coefficient (Wildman–Crippen LogP) is 2.43. The van der Waals surface area contributed by atoms with Gasteiger partial charge in [0.15, 0.2) is 0 Å². The van der Waals surface area contributed by atoms with Gasteiger partial charge >= 0.3 is 0 Å². The molecule has 1 rings (SSSR count). The second kappa shape index (κ2) is 8.23. The van der Waals surface area contributed by atoms with E-state index in [1.807, 2.05) is 0 Å². The Hall–Kier alpha value is -0.120. The highest BCUT2D eigenvalue weighted by molar-refractivity contribution is 4.87. The summed E-state index contributed by atoms with van der Waals surface area (Å²) in [5.41, 5.74) is 0.430. The van der Waals surface area contributed by atoms with E-state index in [0.29, 0.717) is 5.41 Å². The van der Waals surface area contributed by atoms with Crippen LogP contribution in [0, 0.1) is 5.41 Å². The van der Waals surface area contributed by atoms with Gasteiger partial charge in [0.05, 0.1) is 0 Å². The van der Waals surface area contributed by atoms with Crippen LogP contribution in [-0.4, -0.2) is 62.7 Å². The molecule has 3 nitrogen and oxygen atoms in total. The van der Waals surface area contributed by atoms with Gasteiger partial charge in [-0.2, -0.15) is 0 Å². The molecule has 0 saturated carbocycles. The van der Waals surface area contributed by atoms with Gasteiger partial charge in [-0.15, -0.1) is 0 Å². The molecule has 0 aliphatic carbocycles. The van der Waals surface area contributed by atoms with Crippen molar-refractivity contribution in [2.24, 2.45) is 5.41 Å². The third kappa shape index (κ3) is 5.80. The van der Waals surface area contributed by atoms with E-state index in [9.17, 15) is 0 Å². The first-order valence-electron chi connectivity index (χ1n) is 8.10. The van der Waals surface area contributed by atoms with Crippen molar-refractivity contribution in [1.29, 1.82) is 0 Å². The number of likely N-dealkylation sites (tertiary alicyclic amines) is 1. The van der Waals surface area contributed by atoms with E-state index in [1.54, 1.807) is 0 Å². The SMILES string of the molecule is CCCC(C)(CNCC)CN1CCCC1CN(C)C. The summed E-state index contributed by atoms with van der Waals surface area (Å²) in [4.78, 5) is 5.08. The summed E-state index contributed by atoms with van der Waals surface area (Å²) < 4.78 is 0. The van der Waals surface area contributed by atoms with Crippen molar-refractivity contribution in [3.63, 3.8) is 0 Å². The van der Waals surface area contributed by atoms with Gasteiger partial charge in [0.2, 0.25) is 0 Å². The normalized spacial score (nSPS) is 24.0. The summed E-state index contributed by atoms with van der Waals surface area (Å²) >= 11 is 0. The van der Waals surface area contributed by atoms with E-state index >= 15 is 0 Å². The molecule has 0 aromatic carbocycles. The van der Waals surface area contributed by atoms with E-state index in [-0.39, 0.29) is 0 Å². The minimum absolute atomic E-state index is 0.430. The van der Waals surface area contributed by atoms with Crippen molar-refractivity contribution in [3.05, 3.63) is 0 Å². The molecule has 2 atom stereocenters. The maximum atomic E-state index is 3.57. The van der Waals surface area contributed by atoms with Crippen molar-refractivity contribution >= 4 is 0 Å². The first-order valence-corrected chi connectivity index (χ1v) is 8.10. The van der Waals surface area contributed by atoms with Crippen LogP contribution in [0.4, 0.5) is 0 Å². The third-order valence-corrected chi connectivity index (χ3v) is 4.32. The number of nitrogens with one attached hydrogen (secondary N) is 1. The van der Waals surface area contributed by atoms with Gasteiger partial charge in [0.1, 0.15) is 0 Å². The number of likely N-dealkylation sites (N-methyl/N-ethyl adjacent to an activating group) is 1. The Labute approximate surface area is 120 Å². The molecule has 3 heteroatoms. The molecule has 114 valence electrons. The molecular weight excluding hydrogens is 234 g/mol. The number of nitrogens with zero attached hydrogens (tertiary/aromatic N) is 2. The number of rotatable bonds is 9. The average Bonchev–Trinajstić information content (AvgIpc) is 2.73. The van der Waals surface area contributed by atoms with Gasteiger partial charge in [0.25, 0.3) is 0 Å². The molecule has 2 unspecified atom stereocenters. The Morgan fingerprint density at radius 1 is 1.32 bits per heavy atom. The molecule has 1 saturated heterocycles. The maximum absolute atomic E-state index is 3.57. The summed E-state index contributed by atoms with van der Waals surface area (Å²) in [5.74, 6) is 0. The molecule has 1 aliphatic heterocycles. The Kier molecular flexibility index (Phi) is 7.33. The van der Waals surface area contributed by atoms with Crippen molar-refractivity contribution in [2.45, 2.75) is 52.5 Å². The van der Waals surface area contributed by atoms with Crippen LogP contribution >= 0.6 is 0 Å². The fraction of sp³-hybridized carbons (Fsp3) is 1.00. The summed E-state index contributed by atoms with van der Waals surface area (Å²) in [6.45, 7) is 13.0. The van der Waals surface area contributed by atoms with Gasteiger partial charge in [0, 0.05) is 25.7 Å². The molecule has 0 aromatic rings. The highest BCUT2D eigenvalue weighted by Crippen LogP contribution is 2.28. The zero-order valence-electron chi connectivity index (χ0n) is 13.8. The topological polar surface area (TPSA) is 18.5 Å². The van der Waals surface area contributed by atoms with Crippen LogP contribution in [0.2, 0.25) is 0 Å². The molecule has 0 radical (unpaired) electrons. The van der Waals surface area contributed by atoms with E-state index in [1.165, 1.54) is 45.3 Å². The number of hydrogen-bond donors (Lipinski definition) is 1. The van der Waals surface area contributed by atoms with Crippen molar-refractivity contribution in [3.8, 4) is 0 Å². The quantitative estimate of drug-likeness (QED) is 0.693. The van der Waals surface area contributed by atoms with E-state index in [4.69, 9.17) is 0 Å². The highest BCUT2D eigenvalue weighted by Gasteiger charge is 2.32. The van der Waals surface area contributed by atoms with Crippen LogP contribution in [-0.2, 0) is 0 Å². The molecule has 19 heavy (non-hydrogen) atoms. The Balaban J connectivity index is 2.56. The van der Waals surface area contributed by atoms with Crippen molar-refractivity contribution in [2.75, 3.05) is 46.8 Å². The van der Waals surface area contributed by atoms with Gasteiger partial charge in [-0.25, -0.2) is 0 Å². The first-order chi connectivity index (χ1) is 9.00. The molecule has 1 N–H and O–H groups in total. The van der Waals surface area contributed by atoms with Gasteiger partial charge in [-0.1, -0.05) is 27.2 Å². The molecule has 0 aromatic heterocycles. The van der Waals surface area contributed by atoms with Crippen LogP contribution in [0.1, 0.15) is 46.5 Å². The summed E-state index contributed by atoms with van der Waals surface area (Å²) in [5, 5.41) is 3.57. The summed E-state index contributed by atoms with van der Waals surface area (Å²) in [7, 11) is 4.39.